The van der Waals surface area contributed by atoms with Crippen molar-refractivity contribution in [1.29, 1.82) is 0 Å². The van der Waals surface area contributed by atoms with Crippen molar-refractivity contribution in [3.05, 3.63) is 23.4 Å². The minimum Gasteiger partial charge on any atom is -0.477 e. The highest BCUT2D eigenvalue weighted by atomic mass is 16.5. The highest BCUT2D eigenvalue weighted by Gasteiger charge is 2.27. The molecule has 0 aliphatic heterocycles. The minimum absolute atomic E-state index is 0.0751. The Morgan fingerprint density at radius 3 is 2.53 bits per heavy atom. The van der Waals surface area contributed by atoms with E-state index in [-0.39, 0.29) is 17.5 Å². The lowest BCUT2D eigenvalue weighted by atomic mass is 9.82. The smallest absolute Gasteiger partial charge is 0.341 e. The van der Waals surface area contributed by atoms with Crippen LogP contribution < -0.4 is 4.74 Å². The van der Waals surface area contributed by atoms with Crippen molar-refractivity contribution in [2.75, 3.05) is 0 Å². The average Bonchev–Trinajstić information content (AvgIpc) is 2.26. The Kier molecular flexibility index (Phi) is 4.08. The summed E-state index contributed by atoms with van der Waals surface area (Å²) in [4.78, 5) is 15.4. The van der Waals surface area contributed by atoms with Crippen LogP contribution in [0.3, 0.4) is 0 Å². The summed E-state index contributed by atoms with van der Waals surface area (Å²) in [6, 6.07) is 1.70. The molecule has 0 spiro atoms. The van der Waals surface area contributed by atoms with Gasteiger partial charge < -0.3 is 9.84 Å². The number of nitrogens with zero attached hydrogens (tertiary/aromatic N) is 1. The standard InChI is InChI=1S/C15H21NO3/c1-9-6-10(2)8-12(7-9)19-14-13(15(17)18)11(3)4-5-16-14/h4-5,9-10,12H,6-8H2,1-3H3,(H,17,18). The minimum atomic E-state index is -0.975. The molecule has 0 bridgehead atoms. The van der Waals surface area contributed by atoms with Crippen molar-refractivity contribution in [3.8, 4) is 5.88 Å². The molecule has 2 rings (SSSR count). The van der Waals surface area contributed by atoms with Gasteiger partial charge in [0.05, 0.1) is 0 Å². The fourth-order valence-corrected chi connectivity index (χ4v) is 3.01. The summed E-state index contributed by atoms with van der Waals surface area (Å²) in [6.45, 7) is 6.20. The van der Waals surface area contributed by atoms with Crippen molar-refractivity contribution >= 4 is 5.97 Å². The average molecular weight is 263 g/mol. The van der Waals surface area contributed by atoms with E-state index in [4.69, 9.17) is 4.74 Å². The Hall–Kier alpha value is -1.58. The van der Waals surface area contributed by atoms with Crippen LogP contribution in [0, 0.1) is 18.8 Å². The van der Waals surface area contributed by atoms with E-state index < -0.39 is 5.97 Å². The van der Waals surface area contributed by atoms with Gasteiger partial charge in [-0.25, -0.2) is 9.78 Å². The summed E-state index contributed by atoms with van der Waals surface area (Å²) in [6.07, 6.45) is 4.84. The van der Waals surface area contributed by atoms with Gasteiger partial charge in [0.1, 0.15) is 11.7 Å². The van der Waals surface area contributed by atoms with E-state index >= 15 is 0 Å². The lowest BCUT2D eigenvalue weighted by Gasteiger charge is -2.31. The number of carboxylic acid groups (broad SMARTS) is 1. The van der Waals surface area contributed by atoms with Gasteiger partial charge in [-0.15, -0.1) is 0 Å². The lowest BCUT2D eigenvalue weighted by molar-refractivity contribution is 0.0669. The third-order valence-electron chi connectivity index (χ3n) is 3.75. The van der Waals surface area contributed by atoms with Gasteiger partial charge in [0.15, 0.2) is 0 Å². The van der Waals surface area contributed by atoms with Crippen LogP contribution >= 0.6 is 0 Å². The maximum atomic E-state index is 11.3. The van der Waals surface area contributed by atoms with Gasteiger partial charge in [-0.05, 0) is 49.7 Å². The van der Waals surface area contributed by atoms with Crippen LogP contribution in [0.5, 0.6) is 5.88 Å². The maximum Gasteiger partial charge on any atom is 0.341 e. The van der Waals surface area contributed by atoms with Crippen molar-refractivity contribution in [3.63, 3.8) is 0 Å². The summed E-state index contributed by atoms with van der Waals surface area (Å²) >= 11 is 0. The molecule has 1 aliphatic rings. The number of pyridine rings is 1. The normalized spacial score (nSPS) is 27.0. The van der Waals surface area contributed by atoms with Crippen molar-refractivity contribution in [2.24, 2.45) is 11.8 Å². The molecule has 0 amide bonds. The first-order valence-electron chi connectivity index (χ1n) is 6.83. The summed E-state index contributed by atoms with van der Waals surface area (Å²) < 4.78 is 5.88. The fourth-order valence-electron chi connectivity index (χ4n) is 3.01. The number of carbonyl (C=O) groups is 1. The Labute approximate surface area is 113 Å². The summed E-state index contributed by atoms with van der Waals surface area (Å²) in [7, 11) is 0. The van der Waals surface area contributed by atoms with Crippen LogP contribution in [0.25, 0.3) is 0 Å². The lowest BCUT2D eigenvalue weighted by Crippen LogP contribution is -2.29. The van der Waals surface area contributed by atoms with Gasteiger partial charge in [-0.3, -0.25) is 0 Å². The SMILES string of the molecule is Cc1ccnc(OC2CC(C)CC(C)C2)c1C(=O)O. The third kappa shape index (κ3) is 3.25. The Morgan fingerprint density at radius 1 is 1.32 bits per heavy atom. The van der Waals surface area contributed by atoms with Gasteiger partial charge >= 0.3 is 5.97 Å². The molecule has 1 saturated carbocycles. The number of ether oxygens (including phenoxy) is 1. The molecule has 1 aliphatic carbocycles. The van der Waals surface area contributed by atoms with E-state index in [0.717, 1.165) is 12.8 Å². The predicted molar refractivity (Wildman–Crippen MR) is 72.5 cm³/mol. The largest absolute Gasteiger partial charge is 0.477 e. The van der Waals surface area contributed by atoms with E-state index in [1.165, 1.54) is 6.42 Å². The molecule has 1 heterocycles. The van der Waals surface area contributed by atoms with Gasteiger partial charge in [0.2, 0.25) is 5.88 Å². The number of hydrogen-bond acceptors (Lipinski definition) is 3. The quantitative estimate of drug-likeness (QED) is 0.909. The molecule has 1 aromatic heterocycles. The molecule has 19 heavy (non-hydrogen) atoms. The zero-order valence-electron chi connectivity index (χ0n) is 11.7. The van der Waals surface area contributed by atoms with Crippen LogP contribution in [0.4, 0.5) is 0 Å². The van der Waals surface area contributed by atoms with Gasteiger partial charge in [0, 0.05) is 6.20 Å². The molecular weight excluding hydrogens is 242 g/mol. The summed E-state index contributed by atoms with van der Waals surface area (Å²) in [5, 5.41) is 9.26. The zero-order chi connectivity index (χ0) is 14.0. The van der Waals surface area contributed by atoms with Crippen LogP contribution in [-0.2, 0) is 0 Å². The van der Waals surface area contributed by atoms with Crippen LogP contribution in [-0.4, -0.2) is 22.2 Å². The first kappa shape index (κ1) is 13.8. The molecule has 0 aromatic carbocycles. The highest BCUT2D eigenvalue weighted by molar-refractivity contribution is 5.91. The van der Waals surface area contributed by atoms with Crippen LogP contribution in [0.1, 0.15) is 49.0 Å². The summed E-state index contributed by atoms with van der Waals surface area (Å²) in [5.41, 5.74) is 0.878. The van der Waals surface area contributed by atoms with E-state index in [1.54, 1.807) is 19.2 Å². The van der Waals surface area contributed by atoms with E-state index in [1.807, 2.05) is 0 Å². The monoisotopic (exact) mass is 263 g/mol. The van der Waals surface area contributed by atoms with Crippen molar-refractivity contribution < 1.29 is 14.6 Å². The van der Waals surface area contributed by atoms with Crippen molar-refractivity contribution in [2.45, 2.75) is 46.1 Å². The molecule has 1 fully saturated rings. The first-order valence-corrected chi connectivity index (χ1v) is 6.83. The Morgan fingerprint density at radius 2 is 1.95 bits per heavy atom. The topological polar surface area (TPSA) is 59.4 Å². The van der Waals surface area contributed by atoms with E-state index in [9.17, 15) is 9.90 Å². The zero-order valence-corrected chi connectivity index (χ0v) is 11.7. The van der Waals surface area contributed by atoms with Crippen LogP contribution in [0.15, 0.2) is 12.3 Å². The molecule has 2 atom stereocenters. The molecule has 104 valence electrons. The second kappa shape index (κ2) is 5.59. The van der Waals surface area contributed by atoms with Gasteiger partial charge in [-0.2, -0.15) is 0 Å². The molecule has 4 nitrogen and oxygen atoms in total. The van der Waals surface area contributed by atoms with Gasteiger partial charge in [0.25, 0.3) is 0 Å². The fraction of sp³-hybridized carbons (Fsp3) is 0.600. The van der Waals surface area contributed by atoms with Crippen molar-refractivity contribution in [1.82, 2.24) is 4.98 Å². The Bertz CT molecular complexity index is 462. The maximum absolute atomic E-state index is 11.3. The van der Waals surface area contributed by atoms with Gasteiger partial charge in [-0.1, -0.05) is 13.8 Å². The predicted octanol–water partition coefficient (Wildman–Crippen LogP) is 3.29. The van der Waals surface area contributed by atoms with Crippen LogP contribution in [0.2, 0.25) is 0 Å². The number of rotatable bonds is 3. The highest BCUT2D eigenvalue weighted by Crippen LogP contribution is 2.32. The number of carboxylic acids is 1. The number of aromatic carboxylic acids is 1. The third-order valence-corrected chi connectivity index (χ3v) is 3.75. The molecule has 2 unspecified atom stereocenters. The second-order valence-electron chi connectivity index (χ2n) is 5.77. The molecule has 1 aromatic rings. The molecule has 0 saturated heterocycles. The summed E-state index contributed by atoms with van der Waals surface area (Å²) in [5.74, 6) is 0.523. The van der Waals surface area contributed by atoms with E-state index in [0.29, 0.717) is 17.4 Å². The number of aromatic nitrogens is 1. The Balaban J connectivity index is 2.19. The first-order chi connectivity index (χ1) is 8.97. The molecular formula is C15H21NO3. The molecule has 1 N–H and O–H groups in total. The number of hydrogen-bond donors (Lipinski definition) is 1. The van der Waals surface area contributed by atoms with E-state index in [2.05, 4.69) is 18.8 Å². The number of aryl methyl sites for hydroxylation is 1. The molecule has 4 heteroatoms. The second-order valence-corrected chi connectivity index (χ2v) is 5.77. The molecule has 0 radical (unpaired) electrons.